The molecule has 36 heavy (non-hydrogen) atoms. The number of anilines is 1. The standard InChI is InChI=1S/C29H31N3O4/c1-35-22-15-20(16-23(18-22)36-2)19-32-26-8-4-3-7-24(26)29(34)25-17-21(9-10-27(25)32)30-28(33)11-14-31-12-5-6-13-31/h3-4,7-10,15-18H,5-6,11-14,19H2,1-2H3,(H,30,33). The normalized spacial score (nSPS) is 13.8. The molecule has 4 aromatic rings. The zero-order valence-corrected chi connectivity index (χ0v) is 20.8. The number of aromatic nitrogens is 1. The van der Waals surface area contributed by atoms with E-state index in [-0.39, 0.29) is 11.3 Å². The van der Waals surface area contributed by atoms with E-state index in [1.165, 1.54) is 12.8 Å². The van der Waals surface area contributed by atoms with Gasteiger partial charge in [-0.25, -0.2) is 0 Å². The molecule has 1 amide bonds. The highest BCUT2D eigenvalue weighted by atomic mass is 16.5. The molecule has 7 nitrogen and oxygen atoms in total. The van der Waals surface area contributed by atoms with Crippen molar-refractivity contribution in [1.29, 1.82) is 0 Å². The maximum absolute atomic E-state index is 13.5. The second-order valence-electron chi connectivity index (χ2n) is 9.23. The van der Waals surface area contributed by atoms with Crippen molar-refractivity contribution in [1.82, 2.24) is 9.47 Å². The van der Waals surface area contributed by atoms with Crippen LogP contribution in [-0.2, 0) is 11.3 Å². The lowest BCUT2D eigenvalue weighted by Gasteiger charge is -2.17. The van der Waals surface area contributed by atoms with Gasteiger partial charge >= 0.3 is 0 Å². The molecule has 0 spiro atoms. The molecule has 1 aliphatic rings. The second kappa shape index (κ2) is 10.4. The molecule has 1 N–H and O–H groups in total. The van der Waals surface area contributed by atoms with E-state index in [2.05, 4.69) is 14.8 Å². The lowest BCUT2D eigenvalue weighted by Crippen LogP contribution is -2.25. The Morgan fingerprint density at radius 3 is 2.31 bits per heavy atom. The maximum atomic E-state index is 13.5. The molecule has 0 unspecified atom stereocenters. The fraction of sp³-hybridized carbons (Fsp3) is 0.310. The zero-order valence-electron chi connectivity index (χ0n) is 20.8. The van der Waals surface area contributed by atoms with E-state index in [0.717, 1.165) is 36.2 Å². The van der Waals surface area contributed by atoms with Crippen LogP contribution in [0.4, 0.5) is 5.69 Å². The van der Waals surface area contributed by atoms with Gasteiger partial charge in [0.2, 0.25) is 5.91 Å². The summed E-state index contributed by atoms with van der Waals surface area (Å²) in [6.07, 6.45) is 2.85. The summed E-state index contributed by atoms with van der Waals surface area (Å²) in [7, 11) is 3.26. The van der Waals surface area contributed by atoms with Gasteiger partial charge in [-0.15, -0.1) is 0 Å². The molecule has 2 heterocycles. The number of rotatable bonds is 8. The average Bonchev–Trinajstić information content (AvgIpc) is 3.43. The minimum absolute atomic E-state index is 0.0363. The predicted octanol–water partition coefficient (Wildman–Crippen LogP) is 4.64. The van der Waals surface area contributed by atoms with Crippen molar-refractivity contribution in [2.75, 3.05) is 39.2 Å². The molecule has 5 rings (SSSR count). The number of nitrogens with one attached hydrogen (secondary N) is 1. The van der Waals surface area contributed by atoms with Gasteiger partial charge in [-0.3, -0.25) is 9.59 Å². The molecule has 1 fully saturated rings. The summed E-state index contributed by atoms with van der Waals surface area (Å²) in [6.45, 7) is 3.41. The Morgan fingerprint density at radius 1 is 0.889 bits per heavy atom. The first-order chi connectivity index (χ1) is 17.6. The molecule has 1 aromatic heterocycles. The Kier molecular flexibility index (Phi) is 6.91. The van der Waals surface area contributed by atoms with Gasteiger partial charge in [-0.05, 0) is 74.0 Å². The molecular formula is C29H31N3O4. The molecule has 1 saturated heterocycles. The molecule has 0 atom stereocenters. The summed E-state index contributed by atoms with van der Waals surface area (Å²) in [5, 5.41) is 4.19. The number of para-hydroxylation sites is 1. The monoisotopic (exact) mass is 485 g/mol. The van der Waals surface area contributed by atoms with Crippen molar-refractivity contribution in [3.63, 3.8) is 0 Å². The summed E-state index contributed by atoms with van der Waals surface area (Å²) < 4.78 is 13.0. The molecule has 0 bridgehead atoms. The van der Waals surface area contributed by atoms with Crippen LogP contribution in [0.25, 0.3) is 21.8 Å². The number of carbonyl (C=O) groups is 1. The van der Waals surface area contributed by atoms with Gasteiger partial charge in [0.1, 0.15) is 11.5 Å². The molecule has 0 aliphatic carbocycles. The van der Waals surface area contributed by atoms with Crippen molar-refractivity contribution in [2.24, 2.45) is 0 Å². The third-order valence-corrected chi connectivity index (χ3v) is 6.86. The van der Waals surface area contributed by atoms with E-state index in [0.29, 0.717) is 40.9 Å². The Balaban J connectivity index is 1.51. The van der Waals surface area contributed by atoms with Crippen molar-refractivity contribution < 1.29 is 14.3 Å². The van der Waals surface area contributed by atoms with Gasteiger partial charge < -0.3 is 24.3 Å². The Morgan fingerprint density at radius 2 is 1.58 bits per heavy atom. The molecule has 0 saturated carbocycles. The minimum atomic E-state index is -0.0479. The number of amides is 1. The highest BCUT2D eigenvalue weighted by molar-refractivity contribution is 5.97. The van der Waals surface area contributed by atoms with Crippen LogP contribution in [0, 0.1) is 0 Å². The first kappa shape index (κ1) is 23.9. The molecular weight excluding hydrogens is 454 g/mol. The van der Waals surface area contributed by atoms with E-state index in [4.69, 9.17) is 9.47 Å². The fourth-order valence-electron chi connectivity index (χ4n) is 5.01. The molecule has 0 radical (unpaired) electrons. The number of ether oxygens (including phenoxy) is 2. The number of carbonyl (C=O) groups excluding carboxylic acids is 1. The number of pyridine rings is 1. The van der Waals surface area contributed by atoms with E-state index in [9.17, 15) is 9.59 Å². The highest BCUT2D eigenvalue weighted by Gasteiger charge is 2.15. The Labute approximate surface area is 210 Å². The summed E-state index contributed by atoms with van der Waals surface area (Å²) in [4.78, 5) is 28.4. The van der Waals surface area contributed by atoms with Crippen LogP contribution in [0.2, 0.25) is 0 Å². The van der Waals surface area contributed by atoms with E-state index in [1.54, 1.807) is 20.3 Å². The van der Waals surface area contributed by atoms with Gasteiger partial charge in [0, 0.05) is 42.0 Å². The molecule has 3 aromatic carbocycles. The SMILES string of the molecule is COc1cc(Cn2c3ccccc3c(=O)c3cc(NC(=O)CCN4CCCC4)ccc32)cc(OC)c1. The van der Waals surface area contributed by atoms with Gasteiger partial charge in [0.05, 0.1) is 25.3 Å². The summed E-state index contributed by atoms with van der Waals surface area (Å²) in [5.74, 6) is 1.38. The molecule has 186 valence electrons. The lowest BCUT2D eigenvalue weighted by atomic mass is 10.1. The minimum Gasteiger partial charge on any atom is -0.497 e. The van der Waals surface area contributed by atoms with Crippen LogP contribution in [0.5, 0.6) is 11.5 Å². The number of hydrogen-bond donors (Lipinski definition) is 1. The number of hydrogen-bond acceptors (Lipinski definition) is 5. The van der Waals surface area contributed by atoms with Crippen molar-refractivity contribution in [3.8, 4) is 11.5 Å². The quantitative estimate of drug-likeness (QED) is 0.368. The van der Waals surface area contributed by atoms with Gasteiger partial charge in [0.25, 0.3) is 0 Å². The van der Waals surface area contributed by atoms with Crippen molar-refractivity contribution >= 4 is 33.4 Å². The van der Waals surface area contributed by atoms with Crippen molar-refractivity contribution in [2.45, 2.75) is 25.8 Å². The smallest absolute Gasteiger partial charge is 0.225 e. The van der Waals surface area contributed by atoms with E-state index in [1.807, 2.05) is 54.6 Å². The van der Waals surface area contributed by atoms with Crippen molar-refractivity contribution in [3.05, 3.63) is 76.5 Å². The Hall–Kier alpha value is -3.84. The van der Waals surface area contributed by atoms with Crippen LogP contribution in [0.15, 0.2) is 65.5 Å². The van der Waals surface area contributed by atoms with Crippen LogP contribution < -0.4 is 20.2 Å². The second-order valence-corrected chi connectivity index (χ2v) is 9.23. The summed E-state index contributed by atoms with van der Waals surface area (Å²) >= 11 is 0. The summed E-state index contributed by atoms with van der Waals surface area (Å²) in [6, 6.07) is 19.0. The fourth-order valence-corrected chi connectivity index (χ4v) is 5.01. The average molecular weight is 486 g/mol. The first-order valence-electron chi connectivity index (χ1n) is 12.3. The zero-order chi connectivity index (χ0) is 25.1. The van der Waals surface area contributed by atoms with Crippen LogP contribution in [0.3, 0.4) is 0 Å². The number of fused-ring (bicyclic) bond motifs is 2. The largest absolute Gasteiger partial charge is 0.497 e. The summed E-state index contributed by atoms with van der Waals surface area (Å²) in [5.41, 5.74) is 3.22. The van der Waals surface area contributed by atoms with Gasteiger partial charge in [-0.2, -0.15) is 0 Å². The van der Waals surface area contributed by atoms with Crippen LogP contribution >= 0.6 is 0 Å². The van der Waals surface area contributed by atoms with Gasteiger partial charge in [0.15, 0.2) is 5.43 Å². The lowest BCUT2D eigenvalue weighted by molar-refractivity contribution is -0.116. The number of likely N-dealkylation sites (tertiary alicyclic amines) is 1. The predicted molar refractivity (Wildman–Crippen MR) is 143 cm³/mol. The molecule has 1 aliphatic heterocycles. The first-order valence-corrected chi connectivity index (χ1v) is 12.3. The number of benzene rings is 3. The van der Waals surface area contributed by atoms with Crippen LogP contribution in [0.1, 0.15) is 24.8 Å². The van der Waals surface area contributed by atoms with E-state index < -0.39 is 0 Å². The maximum Gasteiger partial charge on any atom is 0.225 e. The third-order valence-electron chi connectivity index (χ3n) is 6.86. The molecule has 7 heteroatoms. The number of nitrogens with zero attached hydrogens (tertiary/aromatic N) is 2. The third kappa shape index (κ3) is 4.93. The van der Waals surface area contributed by atoms with Gasteiger partial charge in [-0.1, -0.05) is 12.1 Å². The Bertz CT molecular complexity index is 1450. The topological polar surface area (TPSA) is 72.8 Å². The van der Waals surface area contributed by atoms with E-state index >= 15 is 0 Å². The van der Waals surface area contributed by atoms with Crippen LogP contribution in [-0.4, -0.2) is 49.2 Å². The number of methoxy groups -OCH3 is 2. The highest BCUT2D eigenvalue weighted by Crippen LogP contribution is 2.27.